The molecule has 5 nitrogen and oxygen atoms in total. The van der Waals surface area contributed by atoms with Crippen LogP contribution in [0.4, 0.5) is 10.1 Å². The van der Waals surface area contributed by atoms with Crippen LogP contribution < -0.4 is 5.32 Å². The molecule has 0 radical (unpaired) electrons. The highest BCUT2D eigenvalue weighted by Crippen LogP contribution is 2.29. The number of nitrogens with zero attached hydrogens (tertiary/aromatic N) is 1. The van der Waals surface area contributed by atoms with Crippen molar-refractivity contribution in [3.8, 4) is 0 Å². The van der Waals surface area contributed by atoms with Crippen LogP contribution in [0, 0.1) is 5.82 Å². The Labute approximate surface area is 165 Å². The lowest BCUT2D eigenvalue weighted by Gasteiger charge is -2.37. The quantitative estimate of drug-likeness (QED) is 0.820. The number of sulfonamides is 1. The second-order valence-electron chi connectivity index (χ2n) is 7.34. The van der Waals surface area contributed by atoms with E-state index in [0.717, 1.165) is 19.3 Å². The number of hydrogen-bond acceptors (Lipinski definition) is 3. The Kier molecular flexibility index (Phi) is 6.15. The van der Waals surface area contributed by atoms with Gasteiger partial charge >= 0.3 is 0 Å². The Balaban J connectivity index is 1.69. The lowest BCUT2D eigenvalue weighted by molar-refractivity contribution is -0.115. The van der Waals surface area contributed by atoms with Gasteiger partial charge < -0.3 is 5.32 Å². The minimum Gasteiger partial charge on any atom is -0.326 e. The summed E-state index contributed by atoms with van der Waals surface area (Å²) in [4.78, 5) is 12.4. The van der Waals surface area contributed by atoms with E-state index in [0.29, 0.717) is 11.3 Å². The number of nitrogens with one attached hydrogen (secondary N) is 1. The third kappa shape index (κ3) is 4.59. The highest BCUT2D eigenvalue weighted by Gasteiger charge is 2.35. The topological polar surface area (TPSA) is 66.5 Å². The molecule has 2 aromatic carbocycles. The number of piperidine rings is 1. The van der Waals surface area contributed by atoms with Crippen molar-refractivity contribution in [1.82, 2.24) is 4.31 Å². The van der Waals surface area contributed by atoms with E-state index in [9.17, 15) is 17.6 Å². The van der Waals surface area contributed by atoms with Crippen molar-refractivity contribution in [1.29, 1.82) is 0 Å². The average Bonchev–Trinajstić information content (AvgIpc) is 2.61. The highest BCUT2D eigenvalue weighted by molar-refractivity contribution is 7.89. The van der Waals surface area contributed by atoms with E-state index in [2.05, 4.69) is 5.32 Å². The van der Waals surface area contributed by atoms with Crippen molar-refractivity contribution in [3.63, 3.8) is 0 Å². The van der Waals surface area contributed by atoms with Crippen molar-refractivity contribution in [2.24, 2.45) is 0 Å². The zero-order chi connectivity index (χ0) is 20.3. The Bertz CT molecular complexity index is 934. The third-order valence-corrected chi connectivity index (χ3v) is 7.22. The molecule has 1 amide bonds. The van der Waals surface area contributed by atoms with Crippen LogP contribution in [-0.2, 0) is 21.2 Å². The molecule has 2 aromatic rings. The predicted octanol–water partition coefficient (Wildman–Crippen LogP) is 3.96. The fourth-order valence-electron chi connectivity index (χ4n) is 3.74. The van der Waals surface area contributed by atoms with Gasteiger partial charge in [-0.2, -0.15) is 4.31 Å². The number of amides is 1. The summed E-state index contributed by atoms with van der Waals surface area (Å²) in [5.74, 6) is -0.680. The SMILES string of the molecule is C[C@@H]1CCC[C@@H](C)N1S(=O)(=O)c1ccc(NC(=O)Cc2cccc(F)c2)cc1. The fraction of sp³-hybridized carbons (Fsp3) is 0.381. The molecule has 0 unspecified atom stereocenters. The molecule has 1 aliphatic heterocycles. The normalized spacial score (nSPS) is 20.7. The smallest absolute Gasteiger partial charge is 0.243 e. The molecule has 1 fully saturated rings. The van der Waals surface area contributed by atoms with Gasteiger partial charge in [0, 0.05) is 17.8 Å². The lowest BCUT2D eigenvalue weighted by Crippen LogP contribution is -2.47. The molecule has 0 spiro atoms. The monoisotopic (exact) mass is 404 g/mol. The highest BCUT2D eigenvalue weighted by atomic mass is 32.2. The van der Waals surface area contributed by atoms with E-state index in [1.807, 2.05) is 13.8 Å². The Morgan fingerprint density at radius 1 is 1.11 bits per heavy atom. The van der Waals surface area contributed by atoms with Crippen LogP contribution in [0.1, 0.15) is 38.7 Å². The molecule has 28 heavy (non-hydrogen) atoms. The lowest BCUT2D eigenvalue weighted by atomic mass is 10.0. The number of anilines is 1. The summed E-state index contributed by atoms with van der Waals surface area (Å²) >= 11 is 0. The summed E-state index contributed by atoms with van der Waals surface area (Å²) in [6, 6.07) is 12.0. The van der Waals surface area contributed by atoms with Crippen LogP contribution in [0.15, 0.2) is 53.4 Å². The average molecular weight is 405 g/mol. The molecular weight excluding hydrogens is 379 g/mol. The summed E-state index contributed by atoms with van der Waals surface area (Å²) in [5, 5.41) is 2.72. The molecule has 0 bridgehead atoms. The number of benzene rings is 2. The van der Waals surface area contributed by atoms with Crippen molar-refractivity contribution in [2.75, 3.05) is 5.32 Å². The van der Waals surface area contributed by atoms with E-state index >= 15 is 0 Å². The van der Waals surface area contributed by atoms with Crippen molar-refractivity contribution in [3.05, 3.63) is 59.9 Å². The predicted molar refractivity (Wildman–Crippen MR) is 107 cm³/mol. The number of carbonyl (C=O) groups is 1. The Morgan fingerprint density at radius 2 is 1.75 bits per heavy atom. The van der Waals surface area contributed by atoms with Crippen LogP contribution in [0.3, 0.4) is 0 Å². The van der Waals surface area contributed by atoms with Gasteiger partial charge in [-0.05, 0) is 68.7 Å². The zero-order valence-electron chi connectivity index (χ0n) is 16.1. The molecular formula is C21H25FN2O3S. The first-order chi connectivity index (χ1) is 13.3. The number of rotatable bonds is 5. The van der Waals surface area contributed by atoms with Crippen molar-refractivity contribution in [2.45, 2.75) is 56.5 Å². The van der Waals surface area contributed by atoms with Crippen LogP contribution in [-0.4, -0.2) is 30.7 Å². The molecule has 0 aromatic heterocycles. The van der Waals surface area contributed by atoms with Gasteiger partial charge in [-0.1, -0.05) is 18.6 Å². The van der Waals surface area contributed by atoms with E-state index in [1.165, 1.54) is 24.3 Å². The summed E-state index contributed by atoms with van der Waals surface area (Å²) in [5.41, 5.74) is 1.07. The first kappa shape index (κ1) is 20.5. The van der Waals surface area contributed by atoms with E-state index in [1.54, 1.807) is 28.6 Å². The molecule has 0 saturated carbocycles. The van der Waals surface area contributed by atoms with Gasteiger partial charge in [0.25, 0.3) is 0 Å². The largest absolute Gasteiger partial charge is 0.326 e. The molecule has 1 heterocycles. The molecule has 1 N–H and O–H groups in total. The maximum Gasteiger partial charge on any atom is 0.243 e. The van der Waals surface area contributed by atoms with Crippen LogP contribution in [0.25, 0.3) is 0 Å². The van der Waals surface area contributed by atoms with Crippen LogP contribution >= 0.6 is 0 Å². The second kappa shape index (κ2) is 8.41. The van der Waals surface area contributed by atoms with Gasteiger partial charge in [-0.15, -0.1) is 0 Å². The van der Waals surface area contributed by atoms with Crippen molar-refractivity contribution >= 4 is 21.6 Å². The van der Waals surface area contributed by atoms with Gasteiger partial charge in [0.05, 0.1) is 11.3 Å². The van der Waals surface area contributed by atoms with Gasteiger partial charge in [0.2, 0.25) is 15.9 Å². The summed E-state index contributed by atoms with van der Waals surface area (Å²) in [7, 11) is -3.58. The molecule has 0 aliphatic carbocycles. The van der Waals surface area contributed by atoms with E-state index in [4.69, 9.17) is 0 Å². The second-order valence-corrected chi connectivity index (χ2v) is 9.19. The van der Waals surface area contributed by atoms with Gasteiger partial charge in [0.1, 0.15) is 5.82 Å². The van der Waals surface area contributed by atoms with Crippen LogP contribution in [0.2, 0.25) is 0 Å². The van der Waals surface area contributed by atoms with Gasteiger partial charge in [-0.3, -0.25) is 4.79 Å². The molecule has 150 valence electrons. The molecule has 1 saturated heterocycles. The zero-order valence-corrected chi connectivity index (χ0v) is 16.9. The molecule has 3 rings (SSSR count). The molecule has 1 aliphatic rings. The number of carbonyl (C=O) groups excluding carboxylic acids is 1. The summed E-state index contributed by atoms with van der Waals surface area (Å²) in [6.45, 7) is 3.88. The Morgan fingerprint density at radius 3 is 2.36 bits per heavy atom. The summed E-state index contributed by atoms with van der Waals surface area (Å²) < 4.78 is 40.8. The standard InChI is InChI=1S/C21H25FN2O3S/c1-15-5-3-6-16(2)24(15)28(26,27)20-11-9-19(10-12-20)23-21(25)14-17-7-4-8-18(22)13-17/h4,7-13,15-16H,3,5-6,14H2,1-2H3,(H,23,25)/t15-,16-/m1/s1. The van der Waals surface area contributed by atoms with Gasteiger partial charge in [-0.25, -0.2) is 12.8 Å². The maximum atomic E-state index is 13.2. The van der Waals surface area contributed by atoms with E-state index < -0.39 is 10.0 Å². The van der Waals surface area contributed by atoms with Crippen LogP contribution in [0.5, 0.6) is 0 Å². The number of halogens is 1. The molecule has 2 atom stereocenters. The Hall–Kier alpha value is -2.25. The first-order valence-electron chi connectivity index (χ1n) is 9.45. The third-order valence-electron chi connectivity index (χ3n) is 5.08. The minimum atomic E-state index is -3.58. The van der Waals surface area contributed by atoms with Crippen molar-refractivity contribution < 1.29 is 17.6 Å². The number of hydrogen-bond donors (Lipinski definition) is 1. The first-order valence-corrected chi connectivity index (χ1v) is 10.9. The van der Waals surface area contributed by atoms with Gasteiger partial charge in [0.15, 0.2) is 0 Å². The van der Waals surface area contributed by atoms with E-state index in [-0.39, 0.29) is 35.1 Å². The fourth-order valence-corrected chi connectivity index (χ4v) is 5.62. The minimum absolute atomic E-state index is 0.0283. The summed E-state index contributed by atoms with van der Waals surface area (Å²) in [6.07, 6.45) is 2.79. The molecule has 7 heteroatoms. The maximum absolute atomic E-state index is 13.2.